The number of carbonyl (C=O) groups excluding carboxylic acids is 1. The van der Waals surface area contributed by atoms with E-state index in [1.807, 2.05) is 0 Å². The molecule has 0 amide bonds. The fraction of sp³-hybridized carbons (Fsp3) is 0.0625. The van der Waals surface area contributed by atoms with Gasteiger partial charge in [-0.25, -0.2) is 13.2 Å². The molecule has 22 heavy (non-hydrogen) atoms. The monoisotopic (exact) mass is 336 g/mol. The normalized spacial score (nSPS) is 11.0. The Labute approximate surface area is 133 Å². The second-order valence-electron chi connectivity index (χ2n) is 4.41. The highest BCUT2D eigenvalue weighted by Crippen LogP contribution is 2.22. The molecule has 4 nitrogen and oxygen atoms in total. The summed E-state index contributed by atoms with van der Waals surface area (Å²) in [4.78, 5) is 11.3. The van der Waals surface area contributed by atoms with Gasteiger partial charge in [-0.3, -0.25) is 0 Å². The Morgan fingerprint density at radius 2 is 1.55 bits per heavy atom. The van der Waals surface area contributed by atoms with E-state index < -0.39 is 15.8 Å². The molecule has 0 N–H and O–H groups in total. The molecule has 114 valence electrons. The van der Waals surface area contributed by atoms with Crippen molar-refractivity contribution < 1.29 is 17.9 Å². The molecule has 6 heteroatoms. The number of esters is 1. The molecule has 0 unspecified atom stereocenters. The average molecular weight is 337 g/mol. The molecule has 0 spiro atoms. The van der Waals surface area contributed by atoms with Crippen molar-refractivity contribution in [2.45, 2.75) is 16.4 Å². The number of rotatable bonds is 5. The van der Waals surface area contributed by atoms with E-state index in [0.29, 0.717) is 10.6 Å². The first-order valence-electron chi connectivity index (χ1n) is 6.32. The van der Waals surface area contributed by atoms with Gasteiger partial charge < -0.3 is 4.74 Å². The van der Waals surface area contributed by atoms with Crippen molar-refractivity contribution in [2.75, 3.05) is 0 Å². The minimum Gasteiger partial charge on any atom is -0.458 e. The number of hydrogen-bond donors (Lipinski definition) is 0. The van der Waals surface area contributed by atoms with Crippen molar-refractivity contribution in [1.29, 1.82) is 0 Å². The Hall–Kier alpha value is -2.11. The largest absolute Gasteiger partial charge is 0.458 e. The molecule has 0 aliphatic carbocycles. The summed E-state index contributed by atoms with van der Waals surface area (Å²) in [6.45, 7) is 3.36. The van der Waals surface area contributed by atoms with Gasteiger partial charge in [0.1, 0.15) is 6.61 Å². The summed E-state index contributed by atoms with van der Waals surface area (Å²) in [5.41, 5.74) is 0.685. The van der Waals surface area contributed by atoms with E-state index in [4.69, 9.17) is 16.3 Å². The van der Waals surface area contributed by atoms with Crippen LogP contribution in [0.25, 0.3) is 0 Å². The fourth-order valence-corrected chi connectivity index (χ4v) is 3.11. The van der Waals surface area contributed by atoms with Crippen LogP contribution in [0.15, 0.2) is 71.0 Å². The van der Waals surface area contributed by atoms with Crippen LogP contribution in [-0.2, 0) is 26.0 Å². The van der Waals surface area contributed by atoms with Crippen molar-refractivity contribution >= 4 is 27.4 Å². The topological polar surface area (TPSA) is 60.4 Å². The summed E-state index contributed by atoms with van der Waals surface area (Å²) in [6, 6.07) is 12.1. The molecule has 0 aliphatic rings. The summed E-state index contributed by atoms with van der Waals surface area (Å²) in [6.07, 6.45) is 1.07. The summed E-state index contributed by atoms with van der Waals surface area (Å²) < 4.78 is 29.7. The van der Waals surface area contributed by atoms with Crippen molar-refractivity contribution in [3.63, 3.8) is 0 Å². The zero-order chi connectivity index (χ0) is 16.2. The SMILES string of the molecule is C=CC(=O)OCc1ccc(S(=O)(=O)c2ccc(Cl)cc2)cc1. The maximum absolute atomic E-state index is 12.4. The highest BCUT2D eigenvalue weighted by atomic mass is 35.5. The minimum absolute atomic E-state index is 0.0616. The van der Waals surface area contributed by atoms with Gasteiger partial charge in [-0.1, -0.05) is 30.3 Å². The second kappa shape index (κ2) is 6.77. The Bertz CT molecular complexity index is 778. The zero-order valence-corrected chi connectivity index (χ0v) is 13.1. The Kier molecular flexibility index (Phi) is 5.00. The third-order valence-corrected chi connectivity index (χ3v) is 4.94. The van der Waals surface area contributed by atoms with Crippen LogP contribution in [0.3, 0.4) is 0 Å². The van der Waals surface area contributed by atoms with Crippen molar-refractivity contribution in [2.24, 2.45) is 0 Å². The van der Waals surface area contributed by atoms with Gasteiger partial charge in [0.25, 0.3) is 0 Å². The second-order valence-corrected chi connectivity index (χ2v) is 6.80. The van der Waals surface area contributed by atoms with Crippen molar-refractivity contribution in [3.05, 3.63) is 71.8 Å². The molecule has 0 heterocycles. The van der Waals surface area contributed by atoms with Crippen LogP contribution in [-0.4, -0.2) is 14.4 Å². The van der Waals surface area contributed by atoms with Gasteiger partial charge in [-0.15, -0.1) is 0 Å². The molecular formula is C16H13ClO4S. The van der Waals surface area contributed by atoms with E-state index in [1.54, 1.807) is 12.1 Å². The van der Waals surface area contributed by atoms with Gasteiger partial charge in [0.15, 0.2) is 0 Å². The predicted molar refractivity (Wildman–Crippen MR) is 83.3 cm³/mol. The molecule has 0 aromatic heterocycles. The van der Waals surface area contributed by atoms with Crippen LogP contribution in [0.4, 0.5) is 0 Å². The smallest absolute Gasteiger partial charge is 0.330 e. The van der Waals surface area contributed by atoms with Gasteiger partial charge in [-0.05, 0) is 42.0 Å². The van der Waals surface area contributed by atoms with E-state index in [2.05, 4.69) is 6.58 Å². The van der Waals surface area contributed by atoms with E-state index in [1.165, 1.54) is 36.4 Å². The summed E-state index contributed by atoms with van der Waals surface area (Å²) >= 11 is 5.76. The standard InChI is InChI=1S/C16H13ClO4S/c1-2-16(18)21-11-12-3-7-14(8-4-12)22(19,20)15-9-5-13(17)6-10-15/h2-10H,1,11H2. The first kappa shape index (κ1) is 16.3. The molecule has 0 saturated carbocycles. The molecule has 0 bridgehead atoms. The number of carbonyl (C=O) groups is 1. The summed E-state index contributed by atoms with van der Waals surface area (Å²) in [5.74, 6) is -0.530. The van der Waals surface area contributed by atoms with Crippen LogP contribution in [0, 0.1) is 0 Å². The van der Waals surface area contributed by atoms with Gasteiger partial charge in [0, 0.05) is 11.1 Å². The number of ether oxygens (including phenoxy) is 1. The zero-order valence-electron chi connectivity index (χ0n) is 11.5. The van der Waals surface area contributed by atoms with Gasteiger partial charge in [0.05, 0.1) is 9.79 Å². The Balaban J connectivity index is 2.20. The number of benzene rings is 2. The van der Waals surface area contributed by atoms with E-state index in [-0.39, 0.29) is 16.4 Å². The molecule has 0 saturated heterocycles. The summed E-state index contributed by atoms with van der Waals surface area (Å²) in [5, 5.41) is 0.471. The third kappa shape index (κ3) is 3.75. The molecule has 2 aromatic carbocycles. The van der Waals surface area contributed by atoms with E-state index in [9.17, 15) is 13.2 Å². The summed E-state index contributed by atoms with van der Waals surface area (Å²) in [7, 11) is -3.59. The quantitative estimate of drug-likeness (QED) is 0.620. The first-order valence-corrected chi connectivity index (χ1v) is 8.18. The predicted octanol–water partition coefficient (Wildman–Crippen LogP) is 3.40. The lowest BCUT2D eigenvalue weighted by Crippen LogP contribution is -2.03. The molecular weight excluding hydrogens is 324 g/mol. The fourth-order valence-electron chi connectivity index (χ4n) is 1.73. The molecule has 2 rings (SSSR count). The van der Waals surface area contributed by atoms with Crippen LogP contribution < -0.4 is 0 Å². The lowest BCUT2D eigenvalue weighted by atomic mass is 10.2. The van der Waals surface area contributed by atoms with E-state index in [0.717, 1.165) is 6.08 Å². The third-order valence-electron chi connectivity index (χ3n) is 2.91. The molecule has 0 atom stereocenters. The lowest BCUT2D eigenvalue weighted by molar-refractivity contribution is -0.138. The van der Waals surface area contributed by atoms with E-state index >= 15 is 0 Å². The van der Waals surface area contributed by atoms with Crippen molar-refractivity contribution in [1.82, 2.24) is 0 Å². The highest BCUT2D eigenvalue weighted by molar-refractivity contribution is 7.91. The first-order chi connectivity index (χ1) is 10.4. The van der Waals surface area contributed by atoms with Gasteiger partial charge in [0.2, 0.25) is 9.84 Å². The number of halogens is 1. The lowest BCUT2D eigenvalue weighted by Gasteiger charge is -2.06. The number of hydrogen-bond acceptors (Lipinski definition) is 4. The van der Waals surface area contributed by atoms with Crippen LogP contribution >= 0.6 is 11.6 Å². The highest BCUT2D eigenvalue weighted by Gasteiger charge is 2.17. The molecule has 2 aromatic rings. The van der Waals surface area contributed by atoms with Gasteiger partial charge >= 0.3 is 5.97 Å². The Morgan fingerprint density at radius 3 is 2.05 bits per heavy atom. The minimum atomic E-state index is -3.59. The van der Waals surface area contributed by atoms with Crippen LogP contribution in [0.5, 0.6) is 0 Å². The van der Waals surface area contributed by atoms with Crippen molar-refractivity contribution in [3.8, 4) is 0 Å². The van der Waals surface area contributed by atoms with Crippen LogP contribution in [0.1, 0.15) is 5.56 Å². The maximum Gasteiger partial charge on any atom is 0.330 e. The molecule has 0 aliphatic heterocycles. The average Bonchev–Trinajstić information content (AvgIpc) is 2.53. The number of sulfone groups is 1. The Morgan fingerprint density at radius 1 is 1.05 bits per heavy atom. The molecule has 0 fully saturated rings. The van der Waals surface area contributed by atoms with Gasteiger partial charge in [-0.2, -0.15) is 0 Å². The maximum atomic E-state index is 12.4. The van der Waals surface area contributed by atoms with Crippen LogP contribution in [0.2, 0.25) is 5.02 Å². The molecule has 0 radical (unpaired) electrons.